The molecule has 0 saturated heterocycles. The first-order chi connectivity index (χ1) is 7.68. The van der Waals surface area contributed by atoms with E-state index in [9.17, 15) is 0 Å². The summed E-state index contributed by atoms with van der Waals surface area (Å²) >= 11 is 0. The van der Waals surface area contributed by atoms with Gasteiger partial charge in [0.1, 0.15) is 0 Å². The third-order valence-corrected chi connectivity index (χ3v) is 0.822. The molecule has 0 aromatic carbocycles. The van der Waals surface area contributed by atoms with E-state index in [-0.39, 0.29) is 41.7 Å². The molecular weight excluding hydrogens is 476 g/mol. The smallest absolute Gasteiger partial charge is 0.724 e. The van der Waals surface area contributed by atoms with Crippen molar-refractivity contribution in [2.45, 2.75) is 0 Å². The molecule has 0 unspecified atom stereocenters. The summed E-state index contributed by atoms with van der Waals surface area (Å²) < 4.78 is 87.8. The maximum Gasteiger partial charge on any atom is 3.00 e. The van der Waals surface area contributed by atoms with E-state index in [1.807, 2.05) is 0 Å². The van der Waals surface area contributed by atoms with Gasteiger partial charge in [0.05, 0.1) is 0 Å². The zero-order valence-electron chi connectivity index (χ0n) is 7.97. The van der Waals surface area contributed by atoms with Crippen LogP contribution in [0.5, 0.6) is 0 Å². The van der Waals surface area contributed by atoms with Crippen LogP contribution < -0.4 is 0 Å². The maximum atomic E-state index is 8.97. The van der Waals surface area contributed by atoms with Crippen molar-refractivity contribution in [3.63, 3.8) is 0 Å². The monoisotopic (exact) mass is 479 g/mol. The van der Waals surface area contributed by atoms with Gasteiger partial charge in [-0.1, -0.05) is 0 Å². The predicted molar refractivity (Wildman–Crippen MR) is 40.2 cm³/mol. The minimum Gasteiger partial charge on any atom is -0.724 e. The van der Waals surface area contributed by atoms with Crippen LogP contribution in [0.4, 0.5) is 0 Å². The third kappa shape index (κ3) is 55.1. The van der Waals surface area contributed by atoms with Gasteiger partial charge in [0, 0.05) is 0 Å². The normalized spacial score (nSPS) is 11.1. The largest absolute Gasteiger partial charge is 3.00 e. The van der Waals surface area contributed by atoms with Crippen LogP contribution in [0.1, 0.15) is 0 Å². The summed E-state index contributed by atoms with van der Waals surface area (Å²) in [7, 11) is -14.6. The van der Waals surface area contributed by atoms with Gasteiger partial charge < -0.3 is 13.7 Å². The number of hydrogen-bond donors (Lipinski definition) is 3. The van der Waals surface area contributed by atoms with Crippen molar-refractivity contribution in [3.8, 4) is 0 Å². The Morgan fingerprint density at radius 3 is 0.632 bits per heavy atom. The Kier molecular flexibility index (Phi) is 18.6. The molecule has 0 aromatic rings. The number of rotatable bonds is 3. The van der Waals surface area contributed by atoms with Crippen LogP contribution in [-0.2, 0) is 44.2 Å². The van der Waals surface area contributed by atoms with Gasteiger partial charge >= 0.3 is 41.7 Å². The van der Waals surface area contributed by atoms with E-state index in [1.165, 1.54) is 0 Å². The van der Waals surface area contributed by atoms with Crippen LogP contribution in [0, 0.1) is 41.7 Å². The van der Waals surface area contributed by atoms with Crippen molar-refractivity contribution in [2.24, 2.45) is 0 Å². The Morgan fingerprint density at radius 2 is 0.632 bits per heavy atom. The van der Waals surface area contributed by atoms with Gasteiger partial charge in [-0.2, -0.15) is 0 Å². The summed E-state index contributed by atoms with van der Waals surface area (Å²) in [6.45, 7) is 0. The molecule has 0 aliphatic heterocycles. The molecule has 0 amide bonds. The van der Waals surface area contributed by atoms with E-state index >= 15 is 0 Å². The van der Waals surface area contributed by atoms with E-state index in [0.717, 1.165) is 0 Å². The van der Waals surface area contributed by atoms with Crippen molar-refractivity contribution in [1.82, 2.24) is 0 Å². The van der Waals surface area contributed by atoms with E-state index in [2.05, 4.69) is 13.0 Å². The molecule has 0 heterocycles. The molecule has 15 nitrogen and oxygen atoms in total. The van der Waals surface area contributed by atoms with Crippen molar-refractivity contribution in [2.75, 3.05) is 0 Å². The van der Waals surface area contributed by atoms with E-state index in [0.29, 0.717) is 0 Å². The Hall–Kier alpha value is 0.867. The number of hydrogen-bond acceptors (Lipinski definition) is 15. The Balaban J connectivity index is -0.0000000865. The Labute approximate surface area is 139 Å². The first kappa shape index (κ1) is 28.1. The van der Waals surface area contributed by atoms with Crippen molar-refractivity contribution in [1.29, 1.82) is 0 Å². The fourth-order valence-corrected chi connectivity index (χ4v) is 0. The molecule has 0 aliphatic carbocycles. The molecule has 0 aliphatic rings. The molecule has 115 valence electrons. The van der Waals surface area contributed by atoms with Crippen LogP contribution in [0.15, 0.2) is 0 Å². The van der Waals surface area contributed by atoms with E-state index < -0.39 is 31.2 Å². The van der Waals surface area contributed by atoms with Gasteiger partial charge in [-0.3, -0.25) is 0 Å². The van der Waals surface area contributed by atoms with E-state index in [1.54, 1.807) is 0 Å². The zero-order valence-corrected chi connectivity index (χ0v) is 13.6. The molecule has 0 aromatic heterocycles. The Morgan fingerprint density at radius 1 is 0.579 bits per heavy atom. The summed E-state index contributed by atoms with van der Waals surface area (Å²) in [5, 5.41) is 21.0. The molecule has 19 heteroatoms. The van der Waals surface area contributed by atoms with Gasteiger partial charge in [-0.15, -0.1) is 13.0 Å². The molecular formula is H3CeO15S3. The summed E-state index contributed by atoms with van der Waals surface area (Å²) in [6.07, 6.45) is 0. The molecule has 19 heavy (non-hydrogen) atoms. The van der Waals surface area contributed by atoms with Crippen molar-refractivity contribution < 1.29 is 109 Å². The second kappa shape index (κ2) is 12.6. The minimum atomic E-state index is -4.86. The quantitative estimate of drug-likeness (QED) is 0.156. The molecule has 0 rings (SSSR count). The second-order valence-corrected chi connectivity index (χ2v) is 4.35. The predicted octanol–water partition coefficient (Wildman–Crippen LogP) is -3.19. The van der Waals surface area contributed by atoms with Crippen LogP contribution in [0.3, 0.4) is 0 Å². The molecule has 1 radical (unpaired) electrons. The topological polar surface area (TPSA) is 260 Å². The Bertz CT molecular complexity index is 399. The van der Waals surface area contributed by atoms with Crippen molar-refractivity contribution >= 4 is 31.2 Å². The minimum absolute atomic E-state index is 0. The summed E-state index contributed by atoms with van der Waals surface area (Å²) in [5.41, 5.74) is 0. The molecule has 0 spiro atoms. The molecule has 0 saturated carbocycles. The zero-order chi connectivity index (χ0) is 15.6. The molecule has 3 N–H and O–H groups in total. The average molecular weight is 479 g/mol. The second-order valence-electron chi connectivity index (χ2n) is 1.45. The fourth-order valence-electron chi connectivity index (χ4n) is 0. The van der Waals surface area contributed by atoms with Crippen LogP contribution in [-0.4, -0.2) is 54.7 Å². The van der Waals surface area contributed by atoms with Crippen LogP contribution >= 0.6 is 0 Å². The summed E-state index contributed by atoms with van der Waals surface area (Å²) in [4.78, 5) is 0. The standard InChI is InChI=1S/Ce.3H2O5S/c;3*1-5-6(2,3)4/h;3*1H,(H,2,3,4)/q+3;;;/p-3. The first-order valence-electron chi connectivity index (χ1n) is 2.55. The van der Waals surface area contributed by atoms with Gasteiger partial charge in [0.15, 0.2) is 0 Å². The summed E-state index contributed by atoms with van der Waals surface area (Å²) in [6, 6.07) is 0. The maximum absolute atomic E-state index is 8.97. The summed E-state index contributed by atoms with van der Waals surface area (Å²) in [5.74, 6) is 0. The van der Waals surface area contributed by atoms with Gasteiger partial charge in [0.25, 0.3) is 0 Å². The van der Waals surface area contributed by atoms with E-state index in [4.69, 9.17) is 54.7 Å². The first-order valence-corrected chi connectivity index (χ1v) is 6.55. The van der Waals surface area contributed by atoms with Crippen LogP contribution in [0.25, 0.3) is 0 Å². The van der Waals surface area contributed by atoms with Gasteiger partial charge in [-0.05, 0) is 0 Å². The van der Waals surface area contributed by atoms with Gasteiger partial charge in [0.2, 0.25) is 31.2 Å². The SMILES string of the molecule is O=S(=O)([O-])OO.O=S(=O)([O-])OO.O=S(=O)([O-])OO.[Ce+3]. The molecule has 0 bridgehead atoms. The average Bonchev–Trinajstić information content (AvgIpc) is 2.16. The molecule has 0 atom stereocenters. The van der Waals surface area contributed by atoms with Gasteiger partial charge in [-0.25, -0.2) is 41.0 Å². The van der Waals surface area contributed by atoms with Crippen molar-refractivity contribution in [3.05, 3.63) is 0 Å². The third-order valence-electron chi connectivity index (χ3n) is 0.274. The van der Waals surface area contributed by atoms with Crippen LogP contribution in [0.2, 0.25) is 0 Å². The fraction of sp³-hybridized carbons (Fsp3) is 0. The molecule has 0 fully saturated rings.